The summed E-state index contributed by atoms with van der Waals surface area (Å²) in [7, 11) is 0. The molecule has 14 heavy (non-hydrogen) atoms. The molecular weight excluding hydrogens is 176 g/mol. The molecule has 0 aromatic rings. The third kappa shape index (κ3) is 1.68. The van der Waals surface area contributed by atoms with Gasteiger partial charge in [-0.1, -0.05) is 13.3 Å². The van der Waals surface area contributed by atoms with Crippen LogP contribution < -0.4 is 0 Å². The maximum absolute atomic E-state index is 11.6. The largest absolute Gasteiger partial charge is 0.273 e. The summed E-state index contributed by atoms with van der Waals surface area (Å²) in [5.74, 6) is 1.01. The summed E-state index contributed by atoms with van der Waals surface area (Å²) in [6, 6.07) is 0.393. The minimum Gasteiger partial charge on any atom is -0.273 e. The van der Waals surface area contributed by atoms with Gasteiger partial charge >= 0.3 is 0 Å². The van der Waals surface area contributed by atoms with Crippen molar-refractivity contribution in [2.75, 3.05) is 0 Å². The van der Waals surface area contributed by atoms with Crippen molar-refractivity contribution >= 4 is 11.6 Å². The molecule has 3 heteroatoms. The van der Waals surface area contributed by atoms with E-state index in [-0.39, 0.29) is 5.91 Å². The monoisotopic (exact) mass is 194 g/mol. The second kappa shape index (κ2) is 3.71. The van der Waals surface area contributed by atoms with Crippen molar-refractivity contribution in [2.45, 2.75) is 52.0 Å². The molecular formula is C11H18N2O. The molecule has 0 spiro atoms. The number of hydrogen-bond acceptors (Lipinski definition) is 2. The standard InChI is InChI=1S/C11H18N2O/c1-3-9-4-5-10(7-9)13-11(14)6-8(2)12-13/h9-10H,3-7H2,1-2H3/t9-,10+/m1/s1. The van der Waals surface area contributed by atoms with Crippen molar-refractivity contribution in [1.29, 1.82) is 0 Å². The highest BCUT2D eigenvalue weighted by Crippen LogP contribution is 2.33. The van der Waals surface area contributed by atoms with E-state index in [1.165, 1.54) is 12.8 Å². The summed E-state index contributed by atoms with van der Waals surface area (Å²) in [5, 5.41) is 6.06. The normalized spacial score (nSPS) is 32.6. The topological polar surface area (TPSA) is 32.7 Å². The van der Waals surface area contributed by atoms with E-state index in [0.717, 1.165) is 24.5 Å². The molecule has 1 saturated carbocycles. The van der Waals surface area contributed by atoms with Crippen LogP contribution in [-0.2, 0) is 4.79 Å². The molecule has 1 amide bonds. The van der Waals surface area contributed by atoms with Crippen LogP contribution in [0.25, 0.3) is 0 Å². The minimum absolute atomic E-state index is 0.198. The summed E-state index contributed by atoms with van der Waals surface area (Å²) in [4.78, 5) is 11.6. The molecule has 0 aromatic carbocycles. The number of carbonyl (C=O) groups is 1. The zero-order valence-corrected chi connectivity index (χ0v) is 8.99. The van der Waals surface area contributed by atoms with Gasteiger partial charge in [0.15, 0.2) is 0 Å². The Morgan fingerprint density at radius 1 is 1.50 bits per heavy atom. The van der Waals surface area contributed by atoms with E-state index in [0.29, 0.717) is 12.5 Å². The van der Waals surface area contributed by atoms with Crippen molar-refractivity contribution in [2.24, 2.45) is 11.0 Å². The lowest BCUT2D eigenvalue weighted by atomic mass is 10.1. The summed E-state index contributed by atoms with van der Waals surface area (Å²) in [5.41, 5.74) is 0.968. The highest BCUT2D eigenvalue weighted by Gasteiger charge is 2.33. The molecule has 78 valence electrons. The van der Waals surface area contributed by atoms with Gasteiger partial charge in [-0.2, -0.15) is 5.10 Å². The van der Waals surface area contributed by atoms with Gasteiger partial charge in [0.2, 0.25) is 5.91 Å². The Hall–Kier alpha value is -0.860. The van der Waals surface area contributed by atoms with Gasteiger partial charge in [0.25, 0.3) is 0 Å². The van der Waals surface area contributed by atoms with E-state index < -0.39 is 0 Å². The zero-order valence-electron chi connectivity index (χ0n) is 8.99. The fraction of sp³-hybridized carbons (Fsp3) is 0.818. The Labute approximate surface area is 85.2 Å². The Balaban J connectivity index is 2.00. The smallest absolute Gasteiger partial charge is 0.248 e. The van der Waals surface area contributed by atoms with Gasteiger partial charge < -0.3 is 0 Å². The molecule has 1 fully saturated rings. The van der Waals surface area contributed by atoms with E-state index in [1.807, 2.05) is 6.92 Å². The molecule has 0 radical (unpaired) electrons. The summed E-state index contributed by atoms with van der Waals surface area (Å²) >= 11 is 0. The first kappa shape index (κ1) is 9.69. The van der Waals surface area contributed by atoms with Gasteiger partial charge in [-0.05, 0) is 32.1 Å². The van der Waals surface area contributed by atoms with E-state index in [9.17, 15) is 4.79 Å². The van der Waals surface area contributed by atoms with Crippen LogP contribution in [0.4, 0.5) is 0 Å². The van der Waals surface area contributed by atoms with Crippen molar-refractivity contribution in [3.8, 4) is 0 Å². The van der Waals surface area contributed by atoms with Crippen molar-refractivity contribution < 1.29 is 4.79 Å². The van der Waals surface area contributed by atoms with Crippen LogP contribution in [0, 0.1) is 5.92 Å². The molecule has 2 rings (SSSR count). The average Bonchev–Trinajstić information content (AvgIpc) is 2.71. The third-order valence-corrected chi connectivity index (χ3v) is 3.38. The van der Waals surface area contributed by atoms with Gasteiger partial charge in [-0.3, -0.25) is 4.79 Å². The quantitative estimate of drug-likeness (QED) is 0.663. The fourth-order valence-electron chi connectivity index (χ4n) is 2.50. The van der Waals surface area contributed by atoms with Crippen LogP contribution in [-0.4, -0.2) is 22.7 Å². The number of hydrazone groups is 1. The van der Waals surface area contributed by atoms with E-state index in [4.69, 9.17) is 0 Å². The Bertz CT molecular complexity index is 272. The Morgan fingerprint density at radius 2 is 2.29 bits per heavy atom. The molecule has 0 N–H and O–H groups in total. The van der Waals surface area contributed by atoms with Crippen LogP contribution in [0.2, 0.25) is 0 Å². The van der Waals surface area contributed by atoms with Crippen molar-refractivity contribution in [1.82, 2.24) is 5.01 Å². The van der Waals surface area contributed by atoms with Crippen LogP contribution in [0.5, 0.6) is 0 Å². The maximum Gasteiger partial charge on any atom is 0.248 e. The predicted octanol–water partition coefficient (Wildman–Crippen LogP) is 2.17. The molecule has 1 aliphatic heterocycles. The molecule has 2 aliphatic rings. The molecule has 0 unspecified atom stereocenters. The molecule has 0 aromatic heterocycles. The van der Waals surface area contributed by atoms with Crippen LogP contribution in [0.15, 0.2) is 5.10 Å². The first-order valence-corrected chi connectivity index (χ1v) is 5.56. The van der Waals surface area contributed by atoms with Crippen molar-refractivity contribution in [3.05, 3.63) is 0 Å². The van der Waals surface area contributed by atoms with Crippen LogP contribution >= 0.6 is 0 Å². The number of amides is 1. The second-order valence-corrected chi connectivity index (χ2v) is 4.49. The number of carbonyl (C=O) groups excluding carboxylic acids is 1. The van der Waals surface area contributed by atoms with E-state index in [2.05, 4.69) is 12.0 Å². The summed E-state index contributed by atoms with van der Waals surface area (Å²) < 4.78 is 0. The van der Waals surface area contributed by atoms with E-state index in [1.54, 1.807) is 5.01 Å². The van der Waals surface area contributed by atoms with Crippen LogP contribution in [0.3, 0.4) is 0 Å². The molecule has 0 bridgehead atoms. The third-order valence-electron chi connectivity index (χ3n) is 3.38. The molecule has 3 nitrogen and oxygen atoms in total. The Morgan fingerprint density at radius 3 is 2.79 bits per heavy atom. The molecule has 0 saturated heterocycles. The first-order chi connectivity index (χ1) is 6.70. The SMILES string of the molecule is CC[C@@H]1CC[C@H](N2N=C(C)CC2=O)C1. The van der Waals surface area contributed by atoms with Gasteiger partial charge in [0.05, 0.1) is 12.5 Å². The van der Waals surface area contributed by atoms with Crippen molar-refractivity contribution in [3.63, 3.8) is 0 Å². The lowest BCUT2D eigenvalue weighted by Crippen LogP contribution is -2.30. The van der Waals surface area contributed by atoms with Gasteiger partial charge in [0, 0.05) is 5.71 Å². The first-order valence-electron chi connectivity index (χ1n) is 5.56. The minimum atomic E-state index is 0.198. The summed E-state index contributed by atoms with van der Waals surface area (Å²) in [6.07, 6.45) is 5.33. The average molecular weight is 194 g/mol. The lowest BCUT2D eigenvalue weighted by Gasteiger charge is -2.19. The summed E-state index contributed by atoms with van der Waals surface area (Å²) in [6.45, 7) is 4.16. The maximum atomic E-state index is 11.6. The molecule has 2 atom stereocenters. The predicted molar refractivity (Wildman–Crippen MR) is 56.0 cm³/mol. The number of nitrogens with zero attached hydrogens (tertiary/aromatic N) is 2. The van der Waals surface area contributed by atoms with Gasteiger partial charge in [0.1, 0.15) is 0 Å². The fourth-order valence-corrected chi connectivity index (χ4v) is 2.50. The lowest BCUT2D eigenvalue weighted by molar-refractivity contribution is -0.130. The van der Waals surface area contributed by atoms with Gasteiger partial charge in [-0.15, -0.1) is 0 Å². The van der Waals surface area contributed by atoms with E-state index >= 15 is 0 Å². The zero-order chi connectivity index (χ0) is 10.1. The highest BCUT2D eigenvalue weighted by atomic mass is 16.2. The number of rotatable bonds is 2. The Kier molecular flexibility index (Phi) is 2.57. The number of hydrogen-bond donors (Lipinski definition) is 0. The molecule has 1 aliphatic carbocycles. The van der Waals surface area contributed by atoms with Gasteiger partial charge in [-0.25, -0.2) is 5.01 Å². The molecule has 1 heterocycles. The highest BCUT2D eigenvalue weighted by molar-refractivity contribution is 6.03. The second-order valence-electron chi connectivity index (χ2n) is 4.49. The van der Waals surface area contributed by atoms with Crippen LogP contribution in [0.1, 0.15) is 46.0 Å².